The first kappa shape index (κ1) is 17.2. The molecule has 0 aliphatic carbocycles. The molecular formula is C17H19N3O4S. The largest absolute Gasteiger partial charge is 0.493 e. The molecule has 0 spiro atoms. The van der Waals surface area contributed by atoms with Crippen molar-refractivity contribution >= 4 is 22.2 Å². The average Bonchev–Trinajstić information content (AvgIpc) is 2.92. The molecule has 7 nitrogen and oxygen atoms in total. The van der Waals surface area contributed by atoms with Crippen molar-refractivity contribution in [2.45, 2.75) is 20.4 Å². The molecule has 2 aromatic heterocycles. The summed E-state index contributed by atoms with van der Waals surface area (Å²) < 4.78 is 17.6. The van der Waals surface area contributed by atoms with Crippen LogP contribution in [0.1, 0.15) is 15.6 Å². The summed E-state index contributed by atoms with van der Waals surface area (Å²) in [7, 11) is 4.54. The van der Waals surface area contributed by atoms with E-state index in [-0.39, 0.29) is 5.56 Å². The smallest absolute Gasteiger partial charge is 0.261 e. The molecule has 25 heavy (non-hydrogen) atoms. The summed E-state index contributed by atoms with van der Waals surface area (Å²) in [5, 5.41) is 1.39. The van der Waals surface area contributed by atoms with E-state index in [1.807, 2.05) is 13.8 Å². The van der Waals surface area contributed by atoms with Gasteiger partial charge in [-0.3, -0.25) is 9.36 Å². The third kappa shape index (κ3) is 2.93. The number of nitrogens with zero attached hydrogens (tertiary/aromatic N) is 3. The highest BCUT2D eigenvalue weighted by Gasteiger charge is 2.20. The van der Waals surface area contributed by atoms with Gasteiger partial charge in [-0.05, 0) is 19.9 Å². The summed E-state index contributed by atoms with van der Waals surface area (Å²) in [6, 6.07) is 1.63. The van der Waals surface area contributed by atoms with Crippen LogP contribution >= 0.6 is 11.3 Å². The molecule has 0 saturated carbocycles. The lowest BCUT2D eigenvalue weighted by molar-refractivity contribution is 0.326. The SMILES string of the molecule is COc1cc2c(=O)n(Cc3sc(C)nc3C)cnc2c(OC)c1OC. The van der Waals surface area contributed by atoms with Crippen molar-refractivity contribution in [1.29, 1.82) is 0 Å². The maximum Gasteiger partial charge on any atom is 0.261 e. The van der Waals surface area contributed by atoms with Crippen LogP contribution in [0.4, 0.5) is 0 Å². The summed E-state index contributed by atoms with van der Waals surface area (Å²) in [5.74, 6) is 1.22. The Kier molecular flexibility index (Phi) is 4.63. The highest BCUT2D eigenvalue weighted by atomic mass is 32.1. The normalized spacial score (nSPS) is 10.9. The lowest BCUT2D eigenvalue weighted by Crippen LogP contribution is -2.21. The van der Waals surface area contributed by atoms with Crippen molar-refractivity contribution in [1.82, 2.24) is 14.5 Å². The molecule has 0 aliphatic heterocycles. The van der Waals surface area contributed by atoms with Crippen LogP contribution in [-0.4, -0.2) is 35.9 Å². The number of aromatic nitrogens is 3. The molecule has 132 valence electrons. The summed E-state index contributed by atoms with van der Waals surface area (Å²) in [5.41, 5.74) is 1.20. The van der Waals surface area contributed by atoms with Gasteiger partial charge in [0.15, 0.2) is 11.5 Å². The van der Waals surface area contributed by atoms with E-state index in [1.54, 1.807) is 22.0 Å². The summed E-state index contributed by atoms with van der Waals surface area (Å²) in [6.07, 6.45) is 1.52. The van der Waals surface area contributed by atoms with E-state index in [9.17, 15) is 4.79 Å². The minimum absolute atomic E-state index is 0.172. The third-order valence-corrected chi connectivity index (χ3v) is 4.99. The van der Waals surface area contributed by atoms with Crippen molar-refractivity contribution in [3.8, 4) is 17.2 Å². The predicted molar refractivity (Wildman–Crippen MR) is 96.3 cm³/mol. The average molecular weight is 361 g/mol. The van der Waals surface area contributed by atoms with Crippen LogP contribution in [0.5, 0.6) is 17.2 Å². The van der Waals surface area contributed by atoms with Crippen LogP contribution in [0.15, 0.2) is 17.2 Å². The van der Waals surface area contributed by atoms with E-state index in [2.05, 4.69) is 9.97 Å². The Morgan fingerprint density at radius 3 is 2.40 bits per heavy atom. The molecule has 0 aliphatic rings. The van der Waals surface area contributed by atoms with E-state index in [4.69, 9.17) is 14.2 Å². The second-order valence-corrected chi connectivity index (χ2v) is 6.75. The van der Waals surface area contributed by atoms with Gasteiger partial charge >= 0.3 is 0 Å². The Labute approximate surface area is 148 Å². The van der Waals surface area contributed by atoms with Crippen LogP contribution in [0.3, 0.4) is 0 Å². The van der Waals surface area contributed by atoms with Gasteiger partial charge in [-0.1, -0.05) is 0 Å². The predicted octanol–water partition coefficient (Wildman–Crippen LogP) is 2.54. The number of benzene rings is 1. The Morgan fingerprint density at radius 1 is 1.12 bits per heavy atom. The van der Waals surface area contributed by atoms with Crippen molar-refractivity contribution in [3.63, 3.8) is 0 Å². The first-order chi connectivity index (χ1) is 12.0. The molecule has 0 fully saturated rings. The van der Waals surface area contributed by atoms with Crippen molar-refractivity contribution in [3.05, 3.63) is 38.3 Å². The Morgan fingerprint density at radius 2 is 1.84 bits per heavy atom. The summed E-state index contributed by atoms with van der Waals surface area (Å²) in [6.45, 7) is 4.32. The van der Waals surface area contributed by atoms with Gasteiger partial charge in [-0.2, -0.15) is 0 Å². The fourth-order valence-electron chi connectivity index (χ4n) is 2.75. The van der Waals surface area contributed by atoms with E-state index in [0.29, 0.717) is 34.7 Å². The fraction of sp³-hybridized carbons (Fsp3) is 0.353. The van der Waals surface area contributed by atoms with E-state index in [0.717, 1.165) is 15.6 Å². The Bertz CT molecular complexity index is 994. The van der Waals surface area contributed by atoms with Crippen LogP contribution in [0.2, 0.25) is 0 Å². The second-order valence-electron chi connectivity index (χ2n) is 5.46. The number of methoxy groups -OCH3 is 3. The van der Waals surface area contributed by atoms with Gasteiger partial charge in [-0.25, -0.2) is 9.97 Å². The van der Waals surface area contributed by atoms with Crippen molar-refractivity contribution in [2.24, 2.45) is 0 Å². The highest BCUT2D eigenvalue weighted by Crippen LogP contribution is 2.41. The molecule has 0 unspecified atom stereocenters. The van der Waals surface area contributed by atoms with E-state index in [1.165, 1.54) is 27.7 Å². The molecule has 8 heteroatoms. The minimum atomic E-state index is -0.172. The number of hydrogen-bond donors (Lipinski definition) is 0. The molecule has 0 atom stereocenters. The third-order valence-electron chi connectivity index (χ3n) is 3.93. The zero-order valence-corrected chi connectivity index (χ0v) is 15.6. The molecule has 0 N–H and O–H groups in total. The molecule has 3 rings (SSSR count). The first-order valence-corrected chi connectivity index (χ1v) is 8.42. The van der Waals surface area contributed by atoms with Crippen LogP contribution in [-0.2, 0) is 6.54 Å². The monoisotopic (exact) mass is 361 g/mol. The fourth-order valence-corrected chi connectivity index (χ4v) is 3.69. The summed E-state index contributed by atoms with van der Waals surface area (Å²) in [4.78, 5) is 22.8. The number of rotatable bonds is 5. The number of aryl methyl sites for hydroxylation is 2. The van der Waals surface area contributed by atoms with Crippen LogP contribution in [0.25, 0.3) is 10.9 Å². The standard InChI is InChI=1S/C17H19N3O4S/c1-9-13(25-10(2)19-9)7-20-8-18-14-11(17(20)21)6-12(22-3)15(23-4)16(14)24-5/h6,8H,7H2,1-5H3. The molecule has 0 radical (unpaired) electrons. The van der Waals surface area contributed by atoms with Crippen LogP contribution in [0, 0.1) is 13.8 Å². The van der Waals surface area contributed by atoms with E-state index < -0.39 is 0 Å². The lowest BCUT2D eigenvalue weighted by Gasteiger charge is -2.14. The lowest BCUT2D eigenvalue weighted by atomic mass is 10.2. The van der Waals surface area contributed by atoms with Gasteiger partial charge < -0.3 is 14.2 Å². The maximum atomic E-state index is 12.9. The topological polar surface area (TPSA) is 75.5 Å². The van der Waals surface area contributed by atoms with Gasteiger partial charge in [0, 0.05) is 4.88 Å². The molecule has 0 bridgehead atoms. The number of ether oxygens (including phenoxy) is 3. The zero-order chi connectivity index (χ0) is 18.1. The second kappa shape index (κ2) is 6.72. The highest BCUT2D eigenvalue weighted by molar-refractivity contribution is 7.11. The van der Waals surface area contributed by atoms with Gasteiger partial charge in [-0.15, -0.1) is 11.3 Å². The quantitative estimate of drug-likeness (QED) is 0.695. The molecule has 1 aromatic carbocycles. The van der Waals surface area contributed by atoms with Crippen LogP contribution < -0.4 is 19.8 Å². The number of fused-ring (bicyclic) bond motifs is 1. The molecular weight excluding hydrogens is 342 g/mol. The summed E-state index contributed by atoms with van der Waals surface area (Å²) >= 11 is 1.58. The number of thiazole rings is 1. The Balaban J connectivity index is 2.20. The van der Waals surface area contributed by atoms with Gasteiger partial charge in [0.2, 0.25) is 5.75 Å². The van der Waals surface area contributed by atoms with Gasteiger partial charge in [0.1, 0.15) is 5.52 Å². The van der Waals surface area contributed by atoms with Crippen molar-refractivity contribution in [2.75, 3.05) is 21.3 Å². The molecule has 0 amide bonds. The van der Waals surface area contributed by atoms with Gasteiger partial charge in [0.05, 0.1) is 50.3 Å². The first-order valence-electron chi connectivity index (χ1n) is 7.61. The minimum Gasteiger partial charge on any atom is -0.493 e. The molecule has 2 heterocycles. The molecule has 3 aromatic rings. The zero-order valence-electron chi connectivity index (χ0n) is 14.7. The Hall–Kier alpha value is -2.61. The van der Waals surface area contributed by atoms with E-state index >= 15 is 0 Å². The van der Waals surface area contributed by atoms with Gasteiger partial charge in [0.25, 0.3) is 5.56 Å². The van der Waals surface area contributed by atoms with Crippen molar-refractivity contribution < 1.29 is 14.2 Å². The molecule has 0 saturated heterocycles. The maximum absolute atomic E-state index is 12.9. The number of hydrogen-bond acceptors (Lipinski definition) is 7.